The molecule has 1 aliphatic heterocycles. The Kier molecular flexibility index (Phi) is 2.70. The molecule has 0 aromatic carbocycles. The van der Waals surface area contributed by atoms with Crippen LogP contribution in [0.2, 0.25) is 0 Å². The molecule has 1 heterocycles. The smallest absolute Gasteiger partial charge is 0.258 e. The molecule has 0 spiro atoms. The summed E-state index contributed by atoms with van der Waals surface area (Å²) < 4.78 is 0. The molecule has 0 aromatic heterocycles. The highest BCUT2D eigenvalue weighted by molar-refractivity contribution is 8.14. The lowest BCUT2D eigenvalue weighted by Gasteiger charge is -2.14. The third kappa shape index (κ3) is 2.08. The molecule has 3 nitrogen and oxygen atoms in total. The lowest BCUT2D eigenvalue weighted by atomic mass is 10.6. The first kappa shape index (κ1) is 8.33. The summed E-state index contributed by atoms with van der Waals surface area (Å²) in [4.78, 5) is 16.4. The van der Waals surface area contributed by atoms with E-state index >= 15 is 0 Å². The largest absolute Gasteiger partial charge is 0.350 e. The van der Waals surface area contributed by atoms with Gasteiger partial charge in [0.1, 0.15) is 0 Å². The van der Waals surface area contributed by atoms with Gasteiger partial charge in [0.05, 0.1) is 5.75 Å². The van der Waals surface area contributed by atoms with E-state index in [1.54, 1.807) is 6.08 Å². The molecule has 0 aliphatic carbocycles. The summed E-state index contributed by atoms with van der Waals surface area (Å²) in [6, 6.07) is 0. The topological polar surface area (TPSA) is 32.7 Å². The number of likely N-dealkylation sites (N-methyl/N-ethyl adjacent to an activating group) is 1. The van der Waals surface area contributed by atoms with E-state index in [-0.39, 0.29) is 5.91 Å². The highest BCUT2D eigenvalue weighted by Gasteiger charge is 2.16. The van der Waals surface area contributed by atoms with Crippen LogP contribution >= 0.6 is 11.8 Å². The van der Waals surface area contributed by atoms with Gasteiger partial charge < -0.3 is 4.90 Å². The average Bonchev–Trinajstić information content (AvgIpc) is 2.36. The standard InChI is InChI=1S/C7H10N2OS/c1-3-4-9(2)7-8-6(10)5-11-7/h3H,1,4-5H2,2H3. The molecule has 60 valence electrons. The highest BCUT2D eigenvalue weighted by Crippen LogP contribution is 2.14. The predicted molar refractivity (Wildman–Crippen MR) is 47.7 cm³/mol. The Hall–Kier alpha value is -0.770. The van der Waals surface area contributed by atoms with E-state index in [1.807, 2.05) is 11.9 Å². The number of carbonyl (C=O) groups excluding carboxylic acids is 1. The zero-order valence-electron chi connectivity index (χ0n) is 6.41. The van der Waals surface area contributed by atoms with E-state index in [2.05, 4.69) is 11.6 Å². The third-order valence-corrected chi connectivity index (χ3v) is 2.33. The SMILES string of the molecule is C=CCN(C)C1=NC(=O)CS1. The number of rotatable bonds is 2. The second kappa shape index (κ2) is 3.57. The summed E-state index contributed by atoms with van der Waals surface area (Å²) in [5, 5.41) is 0.801. The van der Waals surface area contributed by atoms with Gasteiger partial charge in [0.15, 0.2) is 5.17 Å². The molecule has 0 radical (unpaired) electrons. The Bertz CT molecular complexity index is 212. The van der Waals surface area contributed by atoms with E-state index in [4.69, 9.17) is 0 Å². The summed E-state index contributed by atoms with van der Waals surface area (Å²) in [6.07, 6.45) is 1.78. The van der Waals surface area contributed by atoms with Gasteiger partial charge in [-0.1, -0.05) is 17.8 Å². The van der Waals surface area contributed by atoms with E-state index < -0.39 is 0 Å². The van der Waals surface area contributed by atoms with Crippen molar-refractivity contribution >= 4 is 22.8 Å². The second-order valence-corrected chi connectivity index (χ2v) is 3.19. The number of hydrogen-bond acceptors (Lipinski definition) is 3. The lowest BCUT2D eigenvalue weighted by molar-refractivity contribution is -0.115. The Morgan fingerprint density at radius 3 is 3.09 bits per heavy atom. The van der Waals surface area contributed by atoms with Gasteiger partial charge in [0, 0.05) is 13.6 Å². The van der Waals surface area contributed by atoms with Crippen LogP contribution in [0.5, 0.6) is 0 Å². The zero-order chi connectivity index (χ0) is 8.27. The fraction of sp³-hybridized carbons (Fsp3) is 0.429. The summed E-state index contributed by atoms with van der Waals surface area (Å²) >= 11 is 1.48. The van der Waals surface area contributed by atoms with Crippen molar-refractivity contribution in [1.29, 1.82) is 0 Å². The van der Waals surface area contributed by atoms with Gasteiger partial charge in [-0.3, -0.25) is 4.79 Å². The van der Waals surface area contributed by atoms with Crippen LogP contribution in [0.15, 0.2) is 17.6 Å². The molecule has 0 N–H and O–H groups in total. The van der Waals surface area contributed by atoms with Gasteiger partial charge >= 0.3 is 0 Å². The normalized spacial score (nSPS) is 16.5. The summed E-state index contributed by atoms with van der Waals surface area (Å²) in [5.74, 6) is 0.442. The summed E-state index contributed by atoms with van der Waals surface area (Å²) in [7, 11) is 1.89. The number of carbonyl (C=O) groups is 1. The first-order valence-electron chi connectivity index (χ1n) is 3.30. The molecule has 0 bridgehead atoms. The minimum Gasteiger partial charge on any atom is -0.350 e. The first-order chi connectivity index (χ1) is 5.24. The first-order valence-corrected chi connectivity index (χ1v) is 4.29. The van der Waals surface area contributed by atoms with Gasteiger partial charge in [0.2, 0.25) is 0 Å². The number of thioether (sulfide) groups is 1. The predicted octanol–water partition coefficient (Wildman–Crippen LogP) is 0.734. The number of nitrogens with zero attached hydrogens (tertiary/aromatic N) is 2. The van der Waals surface area contributed by atoms with Crippen LogP contribution in [-0.2, 0) is 4.79 Å². The van der Waals surface area contributed by atoms with Gasteiger partial charge in [-0.25, -0.2) is 0 Å². The van der Waals surface area contributed by atoms with Gasteiger partial charge in [-0.2, -0.15) is 4.99 Å². The molecule has 0 saturated heterocycles. The van der Waals surface area contributed by atoms with Crippen molar-refractivity contribution in [1.82, 2.24) is 4.90 Å². The second-order valence-electron chi connectivity index (χ2n) is 2.25. The molecule has 1 aliphatic rings. The Labute approximate surface area is 70.2 Å². The molecule has 4 heteroatoms. The van der Waals surface area contributed by atoms with Gasteiger partial charge in [-0.05, 0) is 0 Å². The van der Waals surface area contributed by atoms with Crippen LogP contribution in [-0.4, -0.2) is 35.3 Å². The average molecular weight is 170 g/mol. The van der Waals surface area contributed by atoms with E-state index in [9.17, 15) is 4.79 Å². The van der Waals surface area contributed by atoms with Crippen molar-refractivity contribution in [3.63, 3.8) is 0 Å². The van der Waals surface area contributed by atoms with Gasteiger partial charge in [0.25, 0.3) is 5.91 Å². The molecular formula is C7H10N2OS. The Morgan fingerprint density at radius 2 is 2.64 bits per heavy atom. The van der Waals surface area contributed by atoms with Crippen LogP contribution in [0.1, 0.15) is 0 Å². The Balaban J connectivity index is 2.53. The molecule has 0 atom stereocenters. The van der Waals surface area contributed by atoms with Crippen LogP contribution in [0.4, 0.5) is 0 Å². The summed E-state index contributed by atoms with van der Waals surface area (Å²) in [6.45, 7) is 4.34. The number of hydrogen-bond donors (Lipinski definition) is 0. The fourth-order valence-electron chi connectivity index (χ4n) is 0.765. The third-order valence-electron chi connectivity index (χ3n) is 1.27. The maximum absolute atomic E-state index is 10.7. The minimum atomic E-state index is -0.0408. The Morgan fingerprint density at radius 1 is 1.91 bits per heavy atom. The molecule has 0 saturated carbocycles. The van der Waals surface area contributed by atoms with Crippen LogP contribution in [0.3, 0.4) is 0 Å². The molecule has 1 amide bonds. The van der Waals surface area contributed by atoms with Crippen LogP contribution in [0, 0.1) is 0 Å². The number of amidine groups is 1. The molecule has 0 unspecified atom stereocenters. The maximum atomic E-state index is 10.7. The summed E-state index contributed by atoms with van der Waals surface area (Å²) in [5.41, 5.74) is 0. The van der Waals surface area contributed by atoms with E-state index in [1.165, 1.54) is 11.8 Å². The molecule has 0 aromatic rings. The van der Waals surface area contributed by atoms with Crippen molar-refractivity contribution in [2.24, 2.45) is 4.99 Å². The molecular weight excluding hydrogens is 160 g/mol. The fourth-order valence-corrected chi connectivity index (χ4v) is 1.54. The lowest BCUT2D eigenvalue weighted by Crippen LogP contribution is -2.22. The molecule has 0 fully saturated rings. The minimum absolute atomic E-state index is 0.0408. The van der Waals surface area contributed by atoms with E-state index in [0.717, 1.165) is 11.7 Å². The number of amides is 1. The molecule has 11 heavy (non-hydrogen) atoms. The monoisotopic (exact) mass is 170 g/mol. The van der Waals surface area contributed by atoms with Crippen molar-refractivity contribution < 1.29 is 4.79 Å². The van der Waals surface area contributed by atoms with Crippen molar-refractivity contribution in [2.45, 2.75) is 0 Å². The van der Waals surface area contributed by atoms with Crippen molar-refractivity contribution in [2.75, 3.05) is 19.3 Å². The number of aliphatic imine (C=N–C) groups is 1. The van der Waals surface area contributed by atoms with Crippen LogP contribution < -0.4 is 0 Å². The van der Waals surface area contributed by atoms with E-state index in [0.29, 0.717) is 5.75 Å². The highest BCUT2D eigenvalue weighted by atomic mass is 32.2. The quantitative estimate of drug-likeness (QED) is 0.573. The van der Waals surface area contributed by atoms with Crippen molar-refractivity contribution in [3.05, 3.63) is 12.7 Å². The molecule has 1 rings (SSSR count). The zero-order valence-corrected chi connectivity index (χ0v) is 7.23. The maximum Gasteiger partial charge on any atom is 0.258 e. The van der Waals surface area contributed by atoms with Gasteiger partial charge in [-0.15, -0.1) is 6.58 Å². The van der Waals surface area contributed by atoms with Crippen molar-refractivity contribution in [3.8, 4) is 0 Å². The van der Waals surface area contributed by atoms with Crippen LogP contribution in [0.25, 0.3) is 0 Å².